The first-order chi connectivity index (χ1) is 14.0. The number of rotatable bonds is 7. The predicted octanol–water partition coefficient (Wildman–Crippen LogP) is 3.08. The van der Waals surface area contributed by atoms with Crippen molar-refractivity contribution in [2.75, 3.05) is 25.7 Å². The molecule has 29 heavy (non-hydrogen) atoms. The van der Waals surface area contributed by atoms with Gasteiger partial charge in [0.25, 0.3) is 5.91 Å². The number of carbonyl (C=O) groups excluding carboxylic acids is 2. The zero-order chi connectivity index (χ0) is 20.8. The Labute approximate surface area is 172 Å². The van der Waals surface area contributed by atoms with Crippen molar-refractivity contribution in [3.8, 4) is 0 Å². The highest BCUT2D eigenvalue weighted by Crippen LogP contribution is 2.41. The lowest BCUT2D eigenvalue weighted by atomic mass is 10.1. The van der Waals surface area contributed by atoms with Gasteiger partial charge in [0.15, 0.2) is 6.29 Å². The van der Waals surface area contributed by atoms with E-state index in [0.717, 1.165) is 4.90 Å². The largest absolute Gasteiger partial charge is 0.354 e. The van der Waals surface area contributed by atoms with Crippen LogP contribution < -0.4 is 10.2 Å². The van der Waals surface area contributed by atoms with Crippen LogP contribution in [0.2, 0.25) is 0 Å². The van der Waals surface area contributed by atoms with E-state index in [-0.39, 0.29) is 29.7 Å². The van der Waals surface area contributed by atoms with Crippen molar-refractivity contribution >= 4 is 29.3 Å². The Hall–Kier alpha value is -2.68. The first kappa shape index (κ1) is 21.0. The molecule has 0 fully saturated rings. The molecule has 0 radical (unpaired) electrons. The molecule has 2 aromatic rings. The number of nitrogens with one attached hydrogen (secondary N) is 1. The monoisotopic (exact) mass is 416 g/mol. The molecule has 1 heterocycles. The average molecular weight is 416 g/mol. The summed E-state index contributed by atoms with van der Waals surface area (Å²) in [6, 6.07) is 13.7. The molecule has 0 aliphatic carbocycles. The van der Waals surface area contributed by atoms with Gasteiger partial charge in [-0.3, -0.25) is 9.59 Å². The Morgan fingerprint density at radius 1 is 1.17 bits per heavy atom. The molecule has 1 N–H and O–H groups in total. The van der Waals surface area contributed by atoms with Gasteiger partial charge in [0.2, 0.25) is 5.91 Å². The number of carbonyl (C=O) groups is 2. The Bertz CT molecular complexity index is 930. The van der Waals surface area contributed by atoms with Crippen LogP contribution in [0.3, 0.4) is 0 Å². The fourth-order valence-electron chi connectivity index (χ4n) is 2.83. The number of ether oxygens (including phenoxy) is 2. The molecule has 1 aliphatic rings. The van der Waals surface area contributed by atoms with Gasteiger partial charge in [0.05, 0.1) is 23.7 Å². The van der Waals surface area contributed by atoms with E-state index in [4.69, 9.17) is 9.47 Å². The number of halogens is 1. The van der Waals surface area contributed by atoms with Crippen LogP contribution in [0.5, 0.6) is 0 Å². The molecule has 1 aliphatic heterocycles. The van der Waals surface area contributed by atoms with Gasteiger partial charge in [0, 0.05) is 30.8 Å². The Balaban J connectivity index is 1.85. The molecule has 0 spiro atoms. The van der Waals surface area contributed by atoms with Gasteiger partial charge in [-0.05, 0) is 18.2 Å². The lowest BCUT2D eigenvalue weighted by Gasteiger charge is -2.30. The lowest BCUT2D eigenvalue weighted by molar-refractivity contribution is -0.123. The highest BCUT2D eigenvalue weighted by atomic mass is 32.2. The maximum absolute atomic E-state index is 14.2. The van der Waals surface area contributed by atoms with Gasteiger partial charge in [-0.25, -0.2) is 4.39 Å². The van der Waals surface area contributed by atoms with Crippen molar-refractivity contribution in [3.63, 3.8) is 0 Å². The number of hydrogen-bond acceptors (Lipinski definition) is 5. The first-order valence-corrected chi connectivity index (χ1v) is 9.72. The molecule has 0 bridgehead atoms. The minimum absolute atomic E-state index is 0.0669. The van der Waals surface area contributed by atoms with E-state index in [9.17, 15) is 14.0 Å². The summed E-state index contributed by atoms with van der Waals surface area (Å²) in [5.74, 6) is -1.18. The SMILES string of the molecule is COC(CNC(=O)C=C1Sc2ccccc2N(Cc2ccccc2F)C1=O)OC. The van der Waals surface area contributed by atoms with E-state index in [1.165, 1.54) is 43.0 Å². The number of methoxy groups -OCH3 is 2. The van der Waals surface area contributed by atoms with Crippen LogP contribution in [0.4, 0.5) is 10.1 Å². The highest BCUT2D eigenvalue weighted by molar-refractivity contribution is 8.04. The lowest BCUT2D eigenvalue weighted by Crippen LogP contribution is -2.36. The summed E-state index contributed by atoms with van der Waals surface area (Å²) < 4.78 is 24.2. The van der Waals surface area contributed by atoms with Gasteiger partial charge < -0.3 is 19.7 Å². The second-order valence-electron chi connectivity index (χ2n) is 6.21. The standard InChI is InChI=1S/C21H21FN2O4S/c1-27-20(28-2)12-23-19(25)11-18-21(26)24(13-14-7-3-4-8-15(14)22)16-9-5-6-10-17(16)29-18/h3-11,20H,12-13H2,1-2H3,(H,23,25). The number of benzene rings is 2. The van der Waals surface area contributed by atoms with E-state index in [1.54, 1.807) is 24.3 Å². The van der Waals surface area contributed by atoms with Crippen molar-refractivity contribution in [1.82, 2.24) is 5.32 Å². The summed E-state index contributed by atoms with van der Waals surface area (Å²) in [6.07, 6.45) is 0.671. The topological polar surface area (TPSA) is 67.9 Å². The van der Waals surface area contributed by atoms with Crippen LogP contribution in [0.25, 0.3) is 0 Å². The van der Waals surface area contributed by atoms with Crippen LogP contribution >= 0.6 is 11.8 Å². The van der Waals surface area contributed by atoms with Crippen LogP contribution in [0.1, 0.15) is 5.56 Å². The zero-order valence-corrected chi connectivity index (χ0v) is 16.9. The fraction of sp³-hybridized carbons (Fsp3) is 0.238. The third-order valence-corrected chi connectivity index (χ3v) is 5.43. The molecular formula is C21H21FN2O4S. The smallest absolute Gasteiger partial charge is 0.265 e. The van der Waals surface area contributed by atoms with Crippen molar-refractivity contribution in [2.24, 2.45) is 0 Å². The molecule has 6 nitrogen and oxygen atoms in total. The molecule has 0 atom stereocenters. The molecule has 3 rings (SSSR count). The second kappa shape index (κ2) is 9.69. The van der Waals surface area contributed by atoms with Crippen molar-refractivity contribution < 1.29 is 23.5 Å². The van der Waals surface area contributed by atoms with Crippen molar-refractivity contribution in [3.05, 3.63) is 70.9 Å². The Morgan fingerprint density at radius 3 is 2.59 bits per heavy atom. The van der Waals surface area contributed by atoms with Gasteiger partial charge in [-0.15, -0.1) is 0 Å². The molecule has 0 saturated carbocycles. The van der Waals surface area contributed by atoms with E-state index in [2.05, 4.69) is 5.32 Å². The van der Waals surface area contributed by atoms with Crippen molar-refractivity contribution in [1.29, 1.82) is 0 Å². The molecule has 2 aromatic carbocycles. The summed E-state index contributed by atoms with van der Waals surface area (Å²) in [6.45, 7) is 0.210. The molecule has 8 heteroatoms. The minimum Gasteiger partial charge on any atom is -0.354 e. The third-order valence-electron chi connectivity index (χ3n) is 4.35. The molecule has 0 aromatic heterocycles. The number of hydrogen-bond donors (Lipinski definition) is 1. The second-order valence-corrected chi connectivity index (χ2v) is 7.29. The number of anilines is 1. The third kappa shape index (κ3) is 5.03. The number of nitrogens with zero attached hydrogens (tertiary/aromatic N) is 1. The van der Waals surface area contributed by atoms with E-state index in [1.807, 2.05) is 18.2 Å². The summed E-state index contributed by atoms with van der Waals surface area (Å²) in [7, 11) is 2.94. The molecule has 0 saturated heterocycles. The van der Waals surface area contributed by atoms with Gasteiger partial charge in [0.1, 0.15) is 5.82 Å². The van der Waals surface area contributed by atoms with Crippen LogP contribution in [0.15, 0.2) is 64.4 Å². The minimum atomic E-state index is -0.578. The molecule has 152 valence electrons. The number of thioether (sulfide) groups is 1. The summed E-state index contributed by atoms with van der Waals surface area (Å²) >= 11 is 1.21. The van der Waals surface area contributed by atoms with Crippen molar-refractivity contribution in [2.45, 2.75) is 17.7 Å². The highest BCUT2D eigenvalue weighted by Gasteiger charge is 2.30. The molecular weight excluding hydrogens is 395 g/mol. The number of fused-ring (bicyclic) bond motifs is 1. The predicted molar refractivity (Wildman–Crippen MR) is 109 cm³/mol. The fourth-order valence-corrected chi connectivity index (χ4v) is 3.86. The zero-order valence-electron chi connectivity index (χ0n) is 16.1. The Kier molecular flexibility index (Phi) is 7.03. The number of amides is 2. The Morgan fingerprint density at radius 2 is 1.86 bits per heavy atom. The maximum atomic E-state index is 14.2. The van der Waals surface area contributed by atoms with E-state index >= 15 is 0 Å². The van der Waals surface area contributed by atoms with Crippen LogP contribution in [-0.2, 0) is 25.6 Å². The summed E-state index contributed by atoms with van der Waals surface area (Å²) in [4.78, 5) is 27.9. The van der Waals surface area contributed by atoms with E-state index in [0.29, 0.717) is 11.3 Å². The average Bonchev–Trinajstić information content (AvgIpc) is 2.73. The van der Waals surface area contributed by atoms with Gasteiger partial charge >= 0.3 is 0 Å². The van der Waals surface area contributed by atoms with Crippen LogP contribution in [-0.4, -0.2) is 38.9 Å². The first-order valence-electron chi connectivity index (χ1n) is 8.90. The molecule has 0 unspecified atom stereocenters. The number of para-hydroxylation sites is 1. The summed E-state index contributed by atoms with van der Waals surface area (Å²) in [5, 5.41) is 2.64. The molecule has 2 amide bonds. The normalized spacial score (nSPS) is 15.0. The van der Waals surface area contributed by atoms with Gasteiger partial charge in [-0.1, -0.05) is 42.1 Å². The van der Waals surface area contributed by atoms with Gasteiger partial charge in [-0.2, -0.15) is 0 Å². The van der Waals surface area contributed by atoms with Crippen LogP contribution in [0, 0.1) is 5.82 Å². The van der Waals surface area contributed by atoms with E-state index < -0.39 is 12.2 Å². The summed E-state index contributed by atoms with van der Waals surface area (Å²) in [5.41, 5.74) is 1.08. The quantitative estimate of drug-likeness (QED) is 0.555. The maximum Gasteiger partial charge on any atom is 0.265 e.